The second kappa shape index (κ2) is 12.0. The van der Waals surface area contributed by atoms with Gasteiger partial charge in [-0.1, -0.05) is 58.2 Å². The molecule has 1 unspecified atom stereocenters. The zero-order valence-electron chi connectivity index (χ0n) is 20.4. The van der Waals surface area contributed by atoms with Crippen LogP contribution in [0.3, 0.4) is 0 Å². The fraction of sp³-hybridized carbons (Fsp3) is 0.556. The lowest BCUT2D eigenvalue weighted by molar-refractivity contribution is -0.122. The first-order chi connectivity index (χ1) is 15.8. The second-order valence-electron chi connectivity index (χ2n) is 10.4. The zero-order chi connectivity index (χ0) is 23.7. The highest BCUT2D eigenvalue weighted by molar-refractivity contribution is 5.76. The number of nitrogen functional groups attached to an aromatic ring is 1. The van der Waals surface area contributed by atoms with Crippen LogP contribution in [0, 0.1) is 11.3 Å². The van der Waals surface area contributed by atoms with E-state index in [-0.39, 0.29) is 17.4 Å². The van der Waals surface area contributed by atoms with E-state index in [4.69, 9.17) is 10.5 Å². The summed E-state index contributed by atoms with van der Waals surface area (Å²) < 4.78 is 5.87. The van der Waals surface area contributed by atoms with Gasteiger partial charge in [0.05, 0.1) is 11.9 Å². The van der Waals surface area contributed by atoms with Crippen LogP contribution in [0.25, 0.3) is 0 Å². The Balaban J connectivity index is 1.62. The van der Waals surface area contributed by atoms with E-state index in [1.165, 1.54) is 32.1 Å². The summed E-state index contributed by atoms with van der Waals surface area (Å²) in [7, 11) is 0. The van der Waals surface area contributed by atoms with Gasteiger partial charge in [0.1, 0.15) is 5.75 Å². The van der Waals surface area contributed by atoms with E-state index in [2.05, 4.69) is 36.4 Å². The van der Waals surface area contributed by atoms with Crippen molar-refractivity contribution in [3.63, 3.8) is 0 Å². The molecule has 180 valence electrons. The Morgan fingerprint density at radius 1 is 1.18 bits per heavy atom. The Morgan fingerprint density at radius 2 is 1.91 bits per heavy atom. The number of carbonyl (C=O) groups is 1. The lowest BCUT2D eigenvalue weighted by atomic mass is 9.82. The molecule has 0 aliphatic heterocycles. The number of nitrogens with zero attached hydrogens (tertiary/aromatic N) is 1. The number of nitrogens with one attached hydrogen (secondary N) is 2. The van der Waals surface area contributed by atoms with Gasteiger partial charge in [0.2, 0.25) is 11.8 Å². The third-order valence-corrected chi connectivity index (χ3v) is 6.34. The molecule has 1 aliphatic carbocycles. The molecule has 33 heavy (non-hydrogen) atoms. The van der Waals surface area contributed by atoms with Crippen molar-refractivity contribution in [2.45, 2.75) is 78.3 Å². The second-order valence-corrected chi connectivity index (χ2v) is 10.4. The van der Waals surface area contributed by atoms with E-state index in [0.717, 1.165) is 24.3 Å². The van der Waals surface area contributed by atoms with Crippen LogP contribution in [0.15, 0.2) is 42.6 Å². The number of rotatable bonds is 10. The maximum Gasteiger partial charge on any atom is 0.221 e. The molecule has 0 spiro atoms. The third-order valence-electron chi connectivity index (χ3n) is 6.34. The number of ether oxygens (including phenoxy) is 1. The fourth-order valence-corrected chi connectivity index (χ4v) is 4.34. The minimum Gasteiger partial charge on any atom is -0.439 e. The summed E-state index contributed by atoms with van der Waals surface area (Å²) >= 11 is 0. The van der Waals surface area contributed by atoms with Crippen LogP contribution >= 0.6 is 0 Å². The van der Waals surface area contributed by atoms with Crippen molar-refractivity contribution in [3.8, 4) is 11.6 Å². The number of para-hydroxylation sites is 1. The minimum absolute atomic E-state index is 0.123. The van der Waals surface area contributed by atoms with Crippen molar-refractivity contribution in [3.05, 3.63) is 48.2 Å². The average molecular weight is 453 g/mol. The van der Waals surface area contributed by atoms with Crippen LogP contribution in [0.5, 0.6) is 11.6 Å². The van der Waals surface area contributed by atoms with Gasteiger partial charge in [-0.2, -0.15) is 0 Å². The summed E-state index contributed by atoms with van der Waals surface area (Å²) in [4.78, 5) is 17.0. The summed E-state index contributed by atoms with van der Waals surface area (Å²) in [5.74, 6) is 1.88. The monoisotopic (exact) mass is 452 g/mol. The number of benzene rings is 1. The molecule has 0 radical (unpaired) electrons. The molecule has 1 heterocycles. The summed E-state index contributed by atoms with van der Waals surface area (Å²) in [6.07, 6.45) is 9.21. The van der Waals surface area contributed by atoms with Crippen molar-refractivity contribution in [1.29, 1.82) is 0 Å². The molecule has 4 N–H and O–H groups in total. The zero-order valence-corrected chi connectivity index (χ0v) is 20.4. The van der Waals surface area contributed by atoms with E-state index in [1.807, 2.05) is 36.4 Å². The topological polar surface area (TPSA) is 89.3 Å². The van der Waals surface area contributed by atoms with Crippen LogP contribution in [0.2, 0.25) is 0 Å². The molecular formula is C27H40N4O2. The number of carbonyl (C=O) groups excluding carboxylic acids is 1. The van der Waals surface area contributed by atoms with Crippen molar-refractivity contribution in [2.24, 2.45) is 11.3 Å². The van der Waals surface area contributed by atoms with E-state index >= 15 is 0 Å². The Kier molecular flexibility index (Phi) is 9.12. The maximum atomic E-state index is 12.7. The number of aromatic nitrogens is 1. The molecule has 6 heteroatoms. The number of amides is 1. The maximum absolute atomic E-state index is 12.7. The van der Waals surface area contributed by atoms with Gasteiger partial charge in [-0.3, -0.25) is 4.79 Å². The lowest BCUT2D eigenvalue weighted by Gasteiger charge is -2.31. The smallest absolute Gasteiger partial charge is 0.221 e. The molecule has 1 aliphatic rings. The molecule has 1 aromatic heterocycles. The van der Waals surface area contributed by atoms with Gasteiger partial charge in [-0.05, 0) is 48.3 Å². The van der Waals surface area contributed by atoms with E-state index in [9.17, 15) is 4.79 Å². The van der Waals surface area contributed by atoms with Crippen LogP contribution in [0.4, 0.5) is 5.69 Å². The van der Waals surface area contributed by atoms with E-state index in [0.29, 0.717) is 30.5 Å². The van der Waals surface area contributed by atoms with Crippen molar-refractivity contribution >= 4 is 11.6 Å². The largest absolute Gasteiger partial charge is 0.439 e. The molecule has 1 amide bonds. The molecule has 1 aromatic carbocycles. The lowest BCUT2D eigenvalue weighted by Crippen LogP contribution is -2.41. The average Bonchev–Trinajstić information content (AvgIpc) is 2.79. The van der Waals surface area contributed by atoms with E-state index in [1.54, 1.807) is 6.20 Å². The Bertz CT molecular complexity index is 873. The van der Waals surface area contributed by atoms with Gasteiger partial charge in [0, 0.05) is 31.6 Å². The highest BCUT2D eigenvalue weighted by atomic mass is 16.5. The Morgan fingerprint density at radius 3 is 2.61 bits per heavy atom. The standard InChI is InChI=1S/C27H40N4O2/c1-27(2,3)14-15-29-25(32)17-24(20-10-6-4-7-11-20)30-18-21-16-26(31-19-23(21)28)33-22-12-8-5-9-13-22/h5,8-9,12-13,16,19-20,24,30H,4,6-7,10-11,14-15,17-18,28H2,1-3H3,(H,29,32). The fourth-order valence-electron chi connectivity index (χ4n) is 4.34. The van der Waals surface area contributed by atoms with Crippen LogP contribution in [0.1, 0.15) is 71.3 Å². The Labute approximate surface area is 198 Å². The number of anilines is 1. The first-order valence-electron chi connectivity index (χ1n) is 12.3. The summed E-state index contributed by atoms with van der Waals surface area (Å²) in [6, 6.07) is 11.6. The van der Waals surface area contributed by atoms with Gasteiger partial charge in [-0.25, -0.2) is 4.98 Å². The molecule has 1 fully saturated rings. The molecule has 1 atom stereocenters. The van der Waals surface area contributed by atoms with Crippen molar-refractivity contribution in [1.82, 2.24) is 15.6 Å². The van der Waals surface area contributed by atoms with Crippen molar-refractivity contribution in [2.75, 3.05) is 12.3 Å². The van der Waals surface area contributed by atoms with Crippen LogP contribution in [-0.4, -0.2) is 23.5 Å². The molecule has 1 saturated carbocycles. The van der Waals surface area contributed by atoms with Crippen LogP contribution < -0.4 is 21.1 Å². The quantitative estimate of drug-likeness (QED) is 0.447. The molecular weight excluding hydrogens is 412 g/mol. The summed E-state index contributed by atoms with van der Waals surface area (Å²) in [5.41, 5.74) is 7.99. The van der Waals surface area contributed by atoms with Gasteiger partial charge in [0.25, 0.3) is 0 Å². The van der Waals surface area contributed by atoms with Gasteiger partial charge in [0.15, 0.2) is 0 Å². The van der Waals surface area contributed by atoms with Gasteiger partial charge < -0.3 is 21.1 Å². The SMILES string of the molecule is CC(C)(C)CCNC(=O)CC(NCc1cc(Oc2ccccc2)ncc1N)C1CCCCC1. The third kappa shape index (κ3) is 8.69. The summed E-state index contributed by atoms with van der Waals surface area (Å²) in [6.45, 7) is 7.88. The Hall–Kier alpha value is -2.60. The molecule has 0 bridgehead atoms. The predicted octanol–water partition coefficient (Wildman–Crippen LogP) is 5.44. The molecule has 3 rings (SSSR count). The highest BCUT2D eigenvalue weighted by Gasteiger charge is 2.26. The first kappa shape index (κ1) is 25.0. The van der Waals surface area contributed by atoms with Crippen molar-refractivity contribution < 1.29 is 9.53 Å². The number of pyridine rings is 1. The number of hydrogen-bond acceptors (Lipinski definition) is 5. The van der Waals surface area contributed by atoms with E-state index < -0.39 is 0 Å². The number of nitrogens with two attached hydrogens (primary N) is 1. The minimum atomic E-state index is 0.123. The van der Waals surface area contributed by atoms with Gasteiger partial charge in [-0.15, -0.1) is 0 Å². The molecule has 6 nitrogen and oxygen atoms in total. The normalized spacial score (nSPS) is 15.7. The molecule has 0 saturated heterocycles. The number of hydrogen-bond donors (Lipinski definition) is 3. The van der Waals surface area contributed by atoms with Gasteiger partial charge >= 0.3 is 0 Å². The predicted molar refractivity (Wildman–Crippen MR) is 134 cm³/mol. The van der Waals surface area contributed by atoms with Crippen LogP contribution in [-0.2, 0) is 11.3 Å². The first-order valence-corrected chi connectivity index (χ1v) is 12.3. The highest BCUT2D eigenvalue weighted by Crippen LogP contribution is 2.29. The summed E-state index contributed by atoms with van der Waals surface area (Å²) in [5, 5.41) is 6.77. The molecule has 2 aromatic rings.